The molecule has 10 nitrogen and oxygen atoms in total. The minimum Gasteiger partial charge on any atom is -0.489 e. The van der Waals surface area contributed by atoms with Crippen molar-refractivity contribution >= 4 is 11.6 Å². The number of carbonyl (C=O) groups is 2. The van der Waals surface area contributed by atoms with E-state index in [-0.39, 0.29) is 58.5 Å². The number of carbonyl (C=O) groups excluding carboxylic acids is 2. The van der Waals surface area contributed by atoms with Crippen LogP contribution in [0.2, 0.25) is 0 Å². The van der Waals surface area contributed by atoms with Crippen LogP contribution < -0.4 is 20.9 Å². The number of hydrogen-bond donors (Lipinski definition) is 2. The van der Waals surface area contributed by atoms with Crippen LogP contribution in [0.25, 0.3) is 0 Å². The second kappa shape index (κ2) is 13.9. The number of ketones is 2. The average Bonchev–Trinajstić information content (AvgIpc) is 3.11. The van der Waals surface area contributed by atoms with Crippen LogP contribution in [0.3, 0.4) is 0 Å². The lowest BCUT2D eigenvalue weighted by molar-refractivity contribution is -0.119. The first-order valence-corrected chi connectivity index (χ1v) is 18.0. The highest BCUT2D eigenvalue weighted by atomic mass is 16.5. The largest absolute Gasteiger partial charge is 0.489 e. The number of nitriles is 2. The van der Waals surface area contributed by atoms with Crippen molar-refractivity contribution in [3.05, 3.63) is 141 Å². The highest BCUT2D eigenvalue weighted by molar-refractivity contribution is 6.01. The van der Waals surface area contributed by atoms with Crippen LogP contribution in [0.4, 0.5) is 0 Å². The van der Waals surface area contributed by atoms with Gasteiger partial charge in [-0.1, -0.05) is 88.4 Å². The zero-order chi connectivity index (χ0) is 38.4. The normalized spacial score (nSPS) is 21.7. The Hall–Kier alpha value is -6.26. The summed E-state index contributed by atoms with van der Waals surface area (Å²) >= 11 is 0. The van der Waals surface area contributed by atoms with Gasteiger partial charge in [-0.15, -0.1) is 0 Å². The highest BCUT2D eigenvalue weighted by Crippen LogP contribution is 2.51. The predicted octanol–water partition coefficient (Wildman–Crippen LogP) is 7.75. The molecule has 2 atom stereocenters. The number of ether oxygens (including phenoxy) is 4. The summed E-state index contributed by atoms with van der Waals surface area (Å²) in [4.78, 5) is 27.0. The maximum Gasteiger partial charge on any atom is 0.205 e. The number of para-hydroxylation sites is 2. The van der Waals surface area contributed by atoms with E-state index >= 15 is 0 Å². The Morgan fingerprint density at radius 3 is 1.37 bits per heavy atom. The molecule has 2 aliphatic heterocycles. The van der Waals surface area contributed by atoms with Crippen LogP contribution in [-0.4, -0.2) is 11.6 Å². The molecule has 0 fully saturated rings. The van der Waals surface area contributed by atoms with Gasteiger partial charge in [-0.2, -0.15) is 10.5 Å². The third-order valence-electron chi connectivity index (χ3n) is 10.4. The Bertz CT molecular complexity index is 2120. The molecule has 4 aliphatic rings. The zero-order valence-corrected chi connectivity index (χ0v) is 30.8. The Labute approximate surface area is 314 Å². The number of allylic oxidation sites excluding steroid dienone is 6. The molecule has 7 rings (SSSR count). The molecular formula is C44H42N4O6. The van der Waals surface area contributed by atoms with Gasteiger partial charge in [0, 0.05) is 48.0 Å². The minimum absolute atomic E-state index is 0.00852. The molecule has 10 heteroatoms. The maximum absolute atomic E-state index is 13.5. The Balaban J connectivity index is 1.08. The fraction of sp³-hybridized carbons (Fsp3) is 0.318. The number of benzene rings is 3. The van der Waals surface area contributed by atoms with Crippen LogP contribution in [0, 0.1) is 33.5 Å². The van der Waals surface area contributed by atoms with Gasteiger partial charge in [-0.3, -0.25) is 9.59 Å². The lowest BCUT2D eigenvalue weighted by atomic mass is 9.70. The number of nitrogens with zero attached hydrogens (tertiary/aromatic N) is 2. The summed E-state index contributed by atoms with van der Waals surface area (Å²) in [6, 6.07) is 26.9. The summed E-state index contributed by atoms with van der Waals surface area (Å²) in [5.41, 5.74) is 16.4. The van der Waals surface area contributed by atoms with Gasteiger partial charge in [0.25, 0.3) is 0 Å². The molecule has 3 aromatic carbocycles. The van der Waals surface area contributed by atoms with Crippen LogP contribution in [0.15, 0.2) is 118 Å². The second-order valence-electron chi connectivity index (χ2n) is 15.9. The number of rotatable bonds is 8. The fourth-order valence-electron chi connectivity index (χ4n) is 7.95. The van der Waals surface area contributed by atoms with Gasteiger partial charge < -0.3 is 30.4 Å². The summed E-state index contributed by atoms with van der Waals surface area (Å²) in [6.45, 7) is 8.52. The smallest absolute Gasteiger partial charge is 0.205 e. The molecule has 0 radical (unpaired) electrons. The zero-order valence-electron chi connectivity index (χ0n) is 30.8. The lowest BCUT2D eigenvalue weighted by Gasteiger charge is -2.37. The molecule has 3 aromatic rings. The van der Waals surface area contributed by atoms with E-state index in [0.717, 1.165) is 11.1 Å². The standard InChI is InChI=1S/C44H42N4O6/c1-43(2)17-31(49)39-35(19-43)53-41(47)29(21-45)37(39)27-9-5-7-11-33(27)51-23-25-13-15-26(16-14-25)24-52-34-12-8-6-10-28(34)38-30(22-46)42(48)54-36-20-44(3,4)18-32(50)40(36)38/h5-16,37-38H,17-20,23-24,47-48H2,1-4H3. The monoisotopic (exact) mass is 722 g/mol. The number of Topliss-reactive ketones (excluding diaryl/α,β-unsaturated/α-hetero) is 2. The van der Waals surface area contributed by atoms with E-state index in [1.165, 1.54) is 0 Å². The topological polar surface area (TPSA) is 171 Å². The van der Waals surface area contributed by atoms with Gasteiger partial charge in [0.15, 0.2) is 11.6 Å². The molecule has 0 aromatic heterocycles. The van der Waals surface area contributed by atoms with Crippen molar-refractivity contribution in [2.45, 2.75) is 78.4 Å². The predicted molar refractivity (Wildman–Crippen MR) is 199 cm³/mol. The van der Waals surface area contributed by atoms with Crippen molar-refractivity contribution in [3.8, 4) is 23.6 Å². The first-order chi connectivity index (χ1) is 25.8. The number of nitrogens with two attached hydrogens (primary N) is 2. The third-order valence-corrected chi connectivity index (χ3v) is 10.4. The molecule has 2 unspecified atom stereocenters. The second-order valence-corrected chi connectivity index (χ2v) is 15.9. The van der Waals surface area contributed by atoms with Crippen molar-refractivity contribution in [3.63, 3.8) is 0 Å². The molecule has 2 heterocycles. The van der Waals surface area contributed by atoms with E-state index in [4.69, 9.17) is 30.4 Å². The Morgan fingerprint density at radius 2 is 1.00 bits per heavy atom. The quantitative estimate of drug-likeness (QED) is 0.234. The summed E-state index contributed by atoms with van der Waals surface area (Å²) < 4.78 is 24.4. The van der Waals surface area contributed by atoms with Crippen LogP contribution in [-0.2, 0) is 32.3 Å². The van der Waals surface area contributed by atoms with Gasteiger partial charge in [-0.25, -0.2) is 0 Å². The van der Waals surface area contributed by atoms with Gasteiger partial charge in [0.1, 0.15) is 59.5 Å². The first kappa shape index (κ1) is 36.1. The minimum atomic E-state index is -0.691. The first-order valence-electron chi connectivity index (χ1n) is 18.0. The van der Waals surface area contributed by atoms with Gasteiger partial charge in [0.05, 0.1) is 11.8 Å². The van der Waals surface area contributed by atoms with E-state index in [9.17, 15) is 20.1 Å². The van der Waals surface area contributed by atoms with E-state index in [0.29, 0.717) is 71.0 Å². The van der Waals surface area contributed by atoms with Gasteiger partial charge >= 0.3 is 0 Å². The third kappa shape index (κ3) is 6.83. The summed E-state index contributed by atoms with van der Waals surface area (Å²) in [7, 11) is 0. The van der Waals surface area contributed by atoms with Crippen LogP contribution in [0.1, 0.15) is 87.5 Å². The molecular weight excluding hydrogens is 681 g/mol. The SMILES string of the molecule is CC1(C)CC(=O)C2=C(C1)OC(N)=C(C#N)C2c1ccccc1OCc1ccc(COc2ccccc2C2C(C#N)=C(N)OC3=C2C(=O)CC(C)(C)C3)cc1. The van der Waals surface area contributed by atoms with Crippen molar-refractivity contribution in [1.29, 1.82) is 10.5 Å². The molecule has 0 amide bonds. The highest BCUT2D eigenvalue weighted by Gasteiger charge is 2.45. The Kier molecular flexibility index (Phi) is 9.33. The summed E-state index contributed by atoms with van der Waals surface area (Å²) in [5.74, 6) is 0.618. The molecule has 2 aliphatic carbocycles. The maximum atomic E-state index is 13.5. The van der Waals surface area contributed by atoms with Gasteiger partial charge in [-0.05, 0) is 34.1 Å². The number of hydrogen-bond acceptors (Lipinski definition) is 10. The van der Waals surface area contributed by atoms with Gasteiger partial charge in [0.2, 0.25) is 11.8 Å². The van der Waals surface area contributed by atoms with E-state index in [1.54, 1.807) is 0 Å². The van der Waals surface area contributed by atoms with Crippen LogP contribution in [0.5, 0.6) is 11.5 Å². The fourth-order valence-corrected chi connectivity index (χ4v) is 7.95. The van der Waals surface area contributed by atoms with Crippen molar-refractivity contribution in [2.24, 2.45) is 22.3 Å². The van der Waals surface area contributed by atoms with Crippen molar-refractivity contribution in [1.82, 2.24) is 0 Å². The van der Waals surface area contributed by atoms with E-state index in [2.05, 4.69) is 12.1 Å². The molecule has 4 N–H and O–H groups in total. The molecule has 274 valence electrons. The molecule has 0 spiro atoms. The van der Waals surface area contributed by atoms with E-state index in [1.807, 2.05) is 100 Å². The lowest BCUT2D eigenvalue weighted by Crippen LogP contribution is -2.33. The van der Waals surface area contributed by atoms with Crippen molar-refractivity contribution < 1.29 is 28.5 Å². The summed E-state index contributed by atoms with van der Waals surface area (Å²) in [5, 5.41) is 20.2. The molecule has 0 saturated heterocycles. The van der Waals surface area contributed by atoms with E-state index < -0.39 is 11.8 Å². The Morgan fingerprint density at radius 1 is 0.630 bits per heavy atom. The van der Waals surface area contributed by atoms with Crippen molar-refractivity contribution in [2.75, 3.05) is 0 Å². The average molecular weight is 723 g/mol. The van der Waals surface area contributed by atoms with Crippen LogP contribution >= 0.6 is 0 Å². The molecule has 54 heavy (non-hydrogen) atoms. The molecule has 0 saturated carbocycles. The molecule has 0 bridgehead atoms. The summed E-state index contributed by atoms with van der Waals surface area (Å²) in [6.07, 6.45) is 1.75.